The molecule has 0 fully saturated rings. The van der Waals surface area contributed by atoms with Crippen molar-refractivity contribution in [1.29, 1.82) is 10.5 Å². The summed E-state index contributed by atoms with van der Waals surface area (Å²) in [6, 6.07) is 12.2. The molecule has 3 N–H and O–H groups in total. The van der Waals surface area contributed by atoms with Gasteiger partial charge >= 0.3 is 5.97 Å². The summed E-state index contributed by atoms with van der Waals surface area (Å²) >= 11 is 0. The Morgan fingerprint density at radius 3 is 2.52 bits per heavy atom. The molecule has 1 aromatic carbocycles. The van der Waals surface area contributed by atoms with Crippen molar-refractivity contribution < 1.29 is 9.53 Å². The van der Waals surface area contributed by atoms with Gasteiger partial charge in [0.2, 0.25) is 0 Å². The monoisotopic (exact) mass is 283 g/mol. The van der Waals surface area contributed by atoms with Gasteiger partial charge in [-0.2, -0.15) is 15.6 Å². The molecular formula is C14H13N5O2. The molecule has 7 nitrogen and oxygen atoms in total. The summed E-state index contributed by atoms with van der Waals surface area (Å²) in [5, 5.41) is 21.8. The van der Waals surface area contributed by atoms with Gasteiger partial charge in [-0.3, -0.25) is 5.43 Å². The maximum Gasteiger partial charge on any atom is 0.351 e. The van der Waals surface area contributed by atoms with Crippen molar-refractivity contribution in [3.05, 3.63) is 41.6 Å². The van der Waals surface area contributed by atoms with Crippen LogP contribution in [0.3, 0.4) is 0 Å². The SMILES string of the molecule is CCOC(=O)C(C#N)=C(N)C(C#N)=NNc1ccccc1. The summed E-state index contributed by atoms with van der Waals surface area (Å²) in [6.07, 6.45) is 0. The second kappa shape index (κ2) is 7.97. The standard InChI is InChI=1S/C14H13N5O2/c1-2-21-14(20)11(8-15)13(17)12(9-16)19-18-10-6-4-3-5-7-10/h3-7,18H,2,17H2,1H3. The highest BCUT2D eigenvalue weighted by Gasteiger charge is 2.18. The fourth-order valence-electron chi connectivity index (χ4n) is 1.32. The van der Waals surface area contributed by atoms with Crippen molar-refractivity contribution in [2.24, 2.45) is 10.8 Å². The van der Waals surface area contributed by atoms with E-state index in [0.29, 0.717) is 5.69 Å². The topological polar surface area (TPSA) is 124 Å². The zero-order valence-corrected chi connectivity index (χ0v) is 11.3. The number of nitriles is 2. The summed E-state index contributed by atoms with van der Waals surface area (Å²) in [5.41, 5.74) is 7.83. The number of ether oxygens (including phenoxy) is 1. The number of hydrogen-bond donors (Lipinski definition) is 2. The van der Waals surface area contributed by atoms with Crippen molar-refractivity contribution >= 4 is 17.4 Å². The molecule has 106 valence electrons. The van der Waals surface area contributed by atoms with Crippen LogP contribution in [-0.4, -0.2) is 18.3 Å². The first-order chi connectivity index (χ1) is 10.1. The molecule has 0 aliphatic heterocycles. The molecule has 1 aromatic rings. The third kappa shape index (κ3) is 4.37. The molecule has 1 rings (SSSR count). The minimum atomic E-state index is -0.889. The van der Waals surface area contributed by atoms with E-state index in [1.54, 1.807) is 43.3 Å². The van der Waals surface area contributed by atoms with E-state index in [0.717, 1.165) is 0 Å². The van der Waals surface area contributed by atoms with E-state index in [-0.39, 0.29) is 18.0 Å². The van der Waals surface area contributed by atoms with Crippen LogP contribution in [0.4, 0.5) is 5.69 Å². The number of nitrogens with zero attached hydrogens (tertiary/aromatic N) is 3. The van der Waals surface area contributed by atoms with Crippen molar-refractivity contribution in [2.45, 2.75) is 6.92 Å². The lowest BCUT2D eigenvalue weighted by Gasteiger charge is -2.04. The van der Waals surface area contributed by atoms with Crippen LogP contribution in [0.5, 0.6) is 0 Å². The molecule has 7 heteroatoms. The van der Waals surface area contributed by atoms with Crippen molar-refractivity contribution in [3.8, 4) is 12.1 Å². The van der Waals surface area contributed by atoms with Gasteiger partial charge < -0.3 is 10.5 Å². The number of nitrogens with one attached hydrogen (secondary N) is 1. The fourth-order valence-corrected chi connectivity index (χ4v) is 1.32. The first-order valence-electron chi connectivity index (χ1n) is 6.00. The van der Waals surface area contributed by atoms with Gasteiger partial charge in [0.25, 0.3) is 0 Å². The van der Waals surface area contributed by atoms with E-state index in [9.17, 15) is 4.79 Å². The Labute approximate surface area is 121 Å². The van der Waals surface area contributed by atoms with Crippen molar-refractivity contribution in [3.63, 3.8) is 0 Å². The van der Waals surface area contributed by atoms with Crippen LogP contribution in [0.1, 0.15) is 6.92 Å². The number of para-hydroxylation sites is 1. The van der Waals surface area contributed by atoms with E-state index in [2.05, 4.69) is 15.3 Å². The first-order valence-corrected chi connectivity index (χ1v) is 6.00. The largest absolute Gasteiger partial charge is 0.462 e. The van der Waals surface area contributed by atoms with Crippen LogP contribution >= 0.6 is 0 Å². The quantitative estimate of drug-likeness (QED) is 0.276. The lowest BCUT2D eigenvalue weighted by Crippen LogP contribution is -2.19. The van der Waals surface area contributed by atoms with Gasteiger partial charge in [0.05, 0.1) is 18.0 Å². The molecule has 0 aromatic heterocycles. The molecule has 0 spiro atoms. The van der Waals surface area contributed by atoms with Crippen LogP contribution in [0.2, 0.25) is 0 Å². The molecule has 0 atom stereocenters. The predicted octanol–water partition coefficient (Wildman–Crippen LogP) is 1.28. The average molecular weight is 283 g/mol. The smallest absolute Gasteiger partial charge is 0.351 e. The van der Waals surface area contributed by atoms with Crippen molar-refractivity contribution in [1.82, 2.24) is 0 Å². The molecule has 0 aliphatic carbocycles. The number of nitrogens with two attached hydrogens (primary N) is 1. The Balaban J connectivity index is 3.05. The Morgan fingerprint density at radius 2 is 2.00 bits per heavy atom. The highest BCUT2D eigenvalue weighted by atomic mass is 16.5. The third-order valence-electron chi connectivity index (χ3n) is 2.29. The van der Waals surface area contributed by atoms with Crippen LogP contribution in [0, 0.1) is 22.7 Å². The molecule has 0 bridgehead atoms. The number of anilines is 1. The Hall–Kier alpha value is -3.32. The number of rotatable bonds is 5. The lowest BCUT2D eigenvalue weighted by atomic mass is 10.1. The molecule has 0 unspecified atom stereocenters. The van der Waals surface area contributed by atoms with Gasteiger partial charge in [-0.15, -0.1) is 0 Å². The number of allylic oxidation sites excluding steroid dienone is 1. The molecule has 0 amide bonds. The van der Waals surface area contributed by atoms with Gasteiger partial charge in [0.1, 0.15) is 12.1 Å². The first kappa shape index (κ1) is 15.7. The van der Waals surface area contributed by atoms with Gasteiger partial charge in [-0.05, 0) is 19.1 Å². The molecule has 21 heavy (non-hydrogen) atoms. The van der Waals surface area contributed by atoms with Crippen LogP contribution in [-0.2, 0) is 9.53 Å². The zero-order valence-electron chi connectivity index (χ0n) is 11.3. The Bertz CT molecular complexity index is 650. The van der Waals surface area contributed by atoms with Crippen LogP contribution in [0.25, 0.3) is 0 Å². The molecule has 0 saturated carbocycles. The zero-order chi connectivity index (χ0) is 15.7. The summed E-state index contributed by atoms with van der Waals surface area (Å²) in [6.45, 7) is 1.69. The third-order valence-corrected chi connectivity index (χ3v) is 2.29. The number of esters is 1. The Morgan fingerprint density at radius 1 is 1.33 bits per heavy atom. The van der Waals surface area contributed by atoms with E-state index in [1.807, 2.05) is 6.07 Å². The number of hydrazone groups is 1. The normalized spacial score (nSPS) is 11.7. The van der Waals surface area contributed by atoms with Gasteiger partial charge in [0, 0.05) is 0 Å². The minimum absolute atomic E-state index is 0.0958. The summed E-state index contributed by atoms with van der Waals surface area (Å²) < 4.78 is 4.69. The molecule has 0 aliphatic rings. The van der Waals surface area contributed by atoms with Crippen LogP contribution in [0.15, 0.2) is 46.7 Å². The second-order valence-corrected chi connectivity index (χ2v) is 3.67. The second-order valence-electron chi connectivity index (χ2n) is 3.67. The minimum Gasteiger partial charge on any atom is -0.462 e. The summed E-state index contributed by atoms with van der Waals surface area (Å²) in [5.74, 6) is -0.889. The average Bonchev–Trinajstić information content (AvgIpc) is 2.50. The van der Waals surface area contributed by atoms with E-state index < -0.39 is 11.5 Å². The van der Waals surface area contributed by atoms with Crippen LogP contribution < -0.4 is 11.2 Å². The van der Waals surface area contributed by atoms with Gasteiger partial charge in [-0.1, -0.05) is 18.2 Å². The summed E-state index contributed by atoms with van der Waals surface area (Å²) in [7, 11) is 0. The molecular weight excluding hydrogens is 270 g/mol. The van der Waals surface area contributed by atoms with E-state index in [4.69, 9.17) is 16.3 Å². The lowest BCUT2D eigenvalue weighted by molar-refractivity contribution is -0.138. The van der Waals surface area contributed by atoms with E-state index >= 15 is 0 Å². The summed E-state index contributed by atoms with van der Waals surface area (Å²) in [4.78, 5) is 11.5. The maximum absolute atomic E-state index is 11.5. The van der Waals surface area contributed by atoms with Crippen molar-refractivity contribution in [2.75, 3.05) is 12.0 Å². The molecule has 0 radical (unpaired) electrons. The van der Waals surface area contributed by atoms with Gasteiger partial charge in [0.15, 0.2) is 11.3 Å². The number of hydrogen-bond acceptors (Lipinski definition) is 7. The molecule has 0 saturated heterocycles. The van der Waals surface area contributed by atoms with Gasteiger partial charge in [-0.25, -0.2) is 4.79 Å². The fraction of sp³-hybridized carbons (Fsp3) is 0.143. The maximum atomic E-state index is 11.5. The molecule has 0 heterocycles. The number of carbonyl (C=O) groups is 1. The highest BCUT2D eigenvalue weighted by molar-refractivity contribution is 6.15. The highest BCUT2D eigenvalue weighted by Crippen LogP contribution is 2.07. The Kier molecular flexibility index (Phi) is 5.97. The number of benzene rings is 1. The predicted molar refractivity (Wildman–Crippen MR) is 76.6 cm³/mol. The number of carbonyl (C=O) groups excluding carboxylic acids is 1. The van der Waals surface area contributed by atoms with E-state index in [1.165, 1.54) is 0 Å².